The minimum Gasteiger partial charge on any atom is -0.452 e. The second-order valence-corrected chi connectivity index (χ2v) is 4.40. The van der Waals surface area contributed by atoms with E-state index in [0.29, 0.717) is 30.8 Å². The zero-order chi connectivity index (χ0) is 15.0. The van der Waals surface area contributed by atoms with Gasteiger partial charge in [0, 0.05) is 25.9 Å². The molecule has 110 valence electrons. The maximum atomic E-state index is 11.8. The Labute approximate surface area is 118 Å². The first-order valence-electron chi connectivity index (χ1n) is 6.33. The molecule has 0 aliphatic rings. The maximum Gasteiger partial charge on any atom is 0.338 e. The van der Waals surface area contributed by atoms with Gasteiger partial charge in [-0.1, -0.05) is 0 Å². The van der Waals surface area contributed by atoms with Gasteiger partial charge in [0.25, 0.3) is 5.91 Å². The van der Waals surface area contributed by atoms with E-state index in [1.54, 1.807) is 19.2 Å². The Morgan fingerprint density at radius 2 is 2.05 bits per heavy atom. The second-order valence-electron chi connectivity index (χ2n) is 4.40. The summed E-state index contributed by atoms with van der Waals surface area (Å²) in [5, 5.41) is 2.63. The molecular formula is C14H20N2O4. The Balaban J connectivity index is 2.37. The lowest BCUT2D eigenvalue weighted by molar-refractivity contribution is -0.124. The van der Waals surface area contributed by atoms with E-state index in [2.05, 4.69) is 5.32 Å². The molecular weight excluding hydrogens is 260 g/mol. The fourth-order valence-electron chi connectivity index (χ4n) is 1.64. The molecule has 6 nitrogen and oxygen atoms in total. The zero-order valence-corrected chi connectivity index (χ0v) is 11.8. The highest BCUT2D eigenvalue weighted by atomic mass is 16.5. The molecule has 1 rings (SSSR count). The molecule has 6 heteroatoms. The normalized spacial score (nSPS) is 10.1. The first-order chi connectivity index (χ1) is 9.52. The molecule has 20 heavy (non-hydrogen) atoms. The number of ether oxygens (including phenoxy) is 2. The number of nitrogens with one attached hydrogen (secondary N) is 1. The van der Waals surface area contributed by atoms with E-state index >= 15 is 0 Å². The molecule has 0 saturated carbocycles. The lowest BCUT2D eigenvalue weighted by Gasteiger charge is -2.07. The molecule has 0 saturated heterocycles. The fraction of sp³-hybridized carbons (Fsp3) is 0.429. The van der Waals surface area contributed by atoms with Crippen LogP contribution in [0, 0.1) is 6.92 Å². The number of methoxy groups -OCH3 is 1. The Bertz CT molecular complexity index is 454. The van der Waals surface area contributed by atoms with Crippen LogP contribution in [-0.2, 0) is 14.3 Å². The molecule has 3 N–H and O–H groups in total. The number of hydrogen-bond acceptors (Lipinski definition) is 5. The molecule has 0 aliphatic heterocycles. The first kappa shape index (κ1) is 16.0. The molecule has 0 unspecified atom stereocenters. The van der Waals surface area contributed by atoms with Crippen LogP contribution in [-0.4, -0.2) is 38.7 Å². The number of rotatable bonds is 7. The Kier molecular flexibility index (Phi) is 6.52. The molecule has 0 aliphatic carbocycles. The summed E-state index contributed by atoms with van der Waals surface area (Å²) >= 11 is 0. The van der Waals surface area contributed by atoms with Crippen molar-refractivity contribution in [3.63, 3.8) is 0 Å². The fourth-order valence-corrected chi connectivity index (χ4v) is 1.64. The average molecular weight is 280 g/mol. The van der Waals surface area contributed by atoms with Crippen molar-refractivity contribution in [2.45, 2.75) is 13.3 Å². The summed E-state index contributed by atoms with van der Waals surface area (Å²) in [6, 6.07) is 4.93. The van der Waals surface area contributed by atoms with Crippen LogP contribution >= 0.6 is 0 Å². The van der Waals surface area contributed by atoms with Crippen molar-refractivity contribution in [2.24, 2.45) is 0 Å². The van der Waals surface area contributed by atoms with Crippen molar-refractivity contribution in [3.8, 4) is 0 Å². The number of aryl methyl sites for hydroxylation is 1. The molecule has 0 aromatic heterocycles. The largest absolute Gasteiger partial charge is 0.452 e. The molecule has 0 spiro atoms. The van der Waals surface area contributed by atoms with Gasteiger partial charge in [0.1, 0.15) is 0 Å². The van der Waals surface area contributed by atoms with Gasteiger partial charge in [-0.15, -0.1) is 0 Å². The minimum absolute atomic E-state index is 0.306. The number of amides is 1. The highest BCUT2D eigenvalue weighted by Crippen LogP contribution is 2.12. The summed E-state index contributed by atoms with van der Waals surface area (Å²) in [4.78, 5) is 23.2. The van der Waals surface area contributed by atoms with Crippen molar-refractivity contribution >= 4 is 17.6 Å². The van der Waals surface area contributed by atoms with E-state index in [1.807, 2.05) is 6.92 Å². The maximum absolute atomic E-state index is 11.8. The zero-order valence-electron chi connectivity index (χ0n) is 11.8. The van der Waals surface area contributed by atoms with E-state index in [9.17, 15) is 9.59 Å². The molecule has 1 aromatic rings. The van der Waals surface area contributed by atoms with Gasteiger partial charge in [-0.2, -0.15) is 0 Å². The van der Waals surface area contributed by atoms with Gasteiger partial charge in [0.05, 0.1) is 5.56 Å². The highest BCUT2D eigenvalue weighted by Gasteiger charge is 2.10. The average Bonchev–Trinajstić information content (AvgIpc) is 2.40. The van der Waals surface area contributed by atoms with Crippen molar-refractivity contribution in [2.75, 3.05) is 32.6 Å². The van der Waals surface area contributed by atoms with E-state index in [1.165, 1.54) is 6.07 Å². The minimum atomic E-state index is -0.563. The van der Waals surface area contributed by atoms with Crippen LogP contribution in [0.25, 0.3) is 0 Å². The number of hydrogen-bond donors (Lipinski definition) is 2. The van der Waals surface area contributed by atoms with Gasteiger partial charge in [-0.05, 0) is 37.1 Å². The van der Waals surface area contributed by atoms with Gasteiger partial charge in [0.2, 0.25) is 0 Å². The molecule has 0 atom stereocenters. The molecule has 0 heterocycles. The van der Waals surface area contributed by atoms with E-state index < -0.39 is 5.97 Å². The number of carbonyl (C=O) groups excluding carboxylic acids is 2. The monoisotopic (exact) mass is 280 g/mol. The molecule has 0 fully saturated rings. The number of nitrogens with two attached hydrogens (primary N) is 1. The Hall–Kier alpha value is -2.08. The number of esters is 1. The molecule has 0 bridgehead atoms. The quantitative estimate of drug-likeness (QED) is 0.439. The third kappa shape index (κ3) is 5.71. The van der Waals surface area contributed by atoms with Crippen LogP contribution in [0.3, 0.4) is 0 Å². The third-order valence-electron chi connectivity index (χ3n) is 2.52. The second kappa shape index (κ2) is 8.16. The standard InChI is InChI=1S/C14H20N2O4/c1-10-6-11(8-12(15)7-10)14(18)20-9-13(17)16-4-3-5-19-2/h6-8H,3-5,9,15H2,1-2H3,(H,16,17). The SMILES string of the molecule is COCCCNC(=O)COC(=O)c1cc(C)cc(N)c1. The van der Waals surface area contributed by atoms with Gasteiger partial charge in [-0.25, -0.2) is 4.79 Å². The van der Waals surface area contributed by atoms with Crippen molar-refractivity contribution < 1.29 is 19.1 Å². The number of carbonyl (C=O) groups is 2. The lowest BCUT2D eigenvalue weighted by atomic mass is 10.1. The van der Waals surface area contributed by atoms with Gasteiger partial charge in [0.15, 0.2) is 6.61 Å². The summed E-state index contributed by atoms with van der Waals surface area (Å²) < 4.78 is 9.77. The number of benzene rings is 1. The Morgan fingerprint density at radius 1 is 1.30 bits per heavy atom. The summed E-state index contributed by atoms with van der Waals surface area (Å²) in [5.74, 6) is -0.900. The lowest BCUT2D eigenvalue weighted by Crippen LogP contribution is -2.30. The summed E-state index contributed by atoms with van der Waals surface area (Å²) in [5.41, 5.74) is 7.34. The van der Waals surface area contributed by atoms with Crippen LogP contribution in [0.1, 0.15) is 22.3 Å². The van der Waals surface area contributed by atoms with Gasteiger partial charge < -0.3 is 20.5 Å². The first-order valence-corrected chi connectivity index (χ1v) is 6.33. The van der Waals surface area contributed by atoms with Crippen LogP contribution in [0.4, 0.5) is 5.69 Å². The van der Waals surface area contributed by atoms with E-state index in [0.717, 1.165) is 5.56 Å². The predicted molar refractivity (Wildman–Crippen MR) is 75.4 cm³/mol. The molecule has 1 aromatic carbocycles. The topological polar surface area (TPSA) is 90.6 Å². The predicted octanol–water partition coefficient (Wildman–Crippen LogP) is 0.887. The number of nitrogen functional groups attached to an aromatic ring is 1. The van der Waals surface area contributed by atoms with Crippen molar-refractivity contribution in [3.05, 3.63) is 29.3 Å². The van der Waals surface area contributed by atoms with Crippen LogP contribution in [0.15, 0.2) is 18.2 Å². The molecule has 0 radical (unpaired) electrons. The van der Waals surface area contributed by atoms with E-state index in [-0.39, 0.29) is 12.5 Å². The summed E-state index contributed by atoms with van der Waals surface area (Å²) in [7, 11) is 1.59. The third-order valence-corrected chi connectivity index (χ3v) is 2.52. The molecule has 1 amide bonds. The van der Waals surface area contributed by atoms with Crippen molar-refractivity contribution in [1.29, 1.82) is 0 Å². The summed E-state index contributed by atoms with van der Waals surface area (Å²) in [6.07, 6.45) is 0.713. The van der Waals surface area contributed by atoms with Crippen LogP contribution in [0.2, 0.25) is 0 Å². The van der Waals surface area contributed by atoms with Crippen LogP contribution in [0.5, 0.6) is 0 Å². The van der Waals surface area contributed by atoms with Gasteiger partial charge in [-0.3, -0.25) is 4.79 Å². The van der Waals surface area contributed by atoms with Gasteiger partial charge >= 0.3 is 5.97 Å². The highest BCUT2D eigenvalue weighted by molar-refractivity contribution is 5.92. The van der Waals surface area contributed by atoms with Crippen molar-refractivity contribution in [1.82, 2.24) is 5.32 Å². The van der Waals surface area contributed by atoms with Crippen LogP contribution < -0.4 is 11.1 Å². The smallest absolute Gasteiger partial charge is 0.338 e. The Morgan fingerprint density at radius 3 is 2.70 bits per heavy atom. The summed E-state index contributed by atoms with van der Waals surface area (Å²) in [6.45, 7) is 2.58. The number of anilines is 1. The van der Waals surface area contributed by atoms with E-state index in [4.69, 9.17) is 15.2 Å².